The summed E-state index contributed by atoms with van der Waals surface area (Å²) in [7, 11) is 1.31. The lowest BCUT2D eigenvalue weighted by Gasteiger charge is -2.08. The summed E-state index contributed by atoms with van der Waals surface area (Å²) in [4.78, 5) is 15.1. The molecule has 0 aliphatic heterocycles. The van der Waals surface area contributed by atoms with Crippen molar-refractivity contribution in [3.8, 4) is 5.88 Å². The molecular formula is C10H14N2O3. The summed E-state index contributed by atoms with van der Waals surface area (Å²) in [5.41, 5.74) is 5.74. The minimum absolute atomic E-state index is 0.0754. The predicted octanol–water partition coefficient (Wildman–Crippen LogP) is 0.594. The topological polar surface area (TPSA) is 74.4 Å². The second-order valence-electron chi connectivity index (χ2n) is 3.14. The fourth-order valence-corrected chi connectivity index (χ4v) is 0.930. The normalized spacial score (nSPS) is 11.9. The molecule has 5 nitrogen and oxygen atoms in total. The molecule has 0 aromatic carbocycles. The van der Waals surface area contributed by atoms with Gasteiger partial charge in [-0.3, -0.25) is 0 Å². The molecule has 2 N–H and O–H groups in total. The van der Waals surface area contributed by atoms with Crippen molar-refractivity contribution in [2.75, 3.05) is 13.7 Å². The molecule has 1 atom stereocenters. The SMILES string of the molecule is COC(=O)c1cccc(OCC(C)N)n1. The second kappa shape index (κ2) is 5.31. The number of carbonyl (C=O) groups is 1. The van der Waals surface area contributed by atoms with Gasteiger partial charge in [0.15, 0.2) is 5.69 Å². The number of ether oxygens (including phenoxy) is 2. The van der Waals surface area contributed by atoms with Crippen LogP contribution < -0.4 is 10.5 Å². The zero-order valence-corrected chi connectivity index (χ0v) is 8.77. The van der Waals surface area contributed by atoms with Crippen LogP contribution in [0.3, 0.4) is 0 Å². The van der Waals surface area contributed by atoms with Crippen molar-refractivity contribution in [1.82, 2.24) is 4.98 Å². The van der Waals surface area contributed by atoms with E-state index < -0.39 is 5.97 Å². The minimum atomic E-state index is -0.485. The molecule has 0 bridgehead atoms. The number of hydrogen-bond donors (Lipinski definition) is 1. The van der Waals surface area contributed by atoms with Crippen molar-refractivity contribution in [1.29, 1.82) is 0 Å². The van der Waals surface area contributed by atoms with Gasteiger partial charge in [-0.2, -0.15) is 0 Å². The van der Waals surface area contributed by atoms with E-state index in [1.807, 2.05) is 6.92 Å². The van der Waals surface area contributed by atoms with Crippen LogP contribution in [0.5, 0.6) is 5.88 Å². The smallest absolute Gasteiger partial charge is 0.356 e. The maximum atomic E-state index is 11.1. The molecule has 1 aromatic rings. The predicted molar refractivity (Wildman–Crippen MR) is 54.7 cm³/mol. The third kappa shape index (κ3) is 3.55. The van der Waals surface area contributed by atoms with E-state index in [1.54, 1.807) is 18.2 Å². The highest BCUT2D eigenvalue weighted by atomic mass is 16.5. The quantitative estimate of drug-likeness (QED) is 0.736. The Labute approximate surface area is 88.2 Å². The van der Waals surface area contributed by atoms with Crippen molar-refractivity contribution >= 4 is 5.97 Å². The van der Waals surface area contributed by atoms with Gasteiger partial charge in [-0.05, 0) is 13.0 Å². The summed E-state index contributed by atoms with van der Waals surface area (Å²) < 4.78 is 9.79. The van der Waals surface area contributed by atoms with Gasteiger partial charge in [-0.1, -0.05) is 6.07 Å². The second-order valence-corrected chi connectivity index (χ2v) is 3.14. The minimum Gasteiger partial charge on any atom is -0.476 e. The van der Waals surface area contributed by atoms with E-state index in [0.717, 1.165) is 0 Å². The molecule has 1 aromatic heterocycles. The first-order valence-electron chi connectivity index (χ1n) is 4.57. The molecule has 1 rings (SSSR count). The molecule has 0 saturated carbocycles. The van der Waals surface area contributed by atoms with Crippen LogP contribution in [0.1, 0.15) is 17.4 Å². The Balaban J connectivity index is 2.70. The standard InChI is InChI=1S/C10H14N2O3/c1-7(11)6-15-9-5-3-4-8(12-9)10(13)14-2/h3-5,7H,6,11H2,1-2H3. The molecule has 0 aliphatic carbocycles. The molecule has 0 spiro atoms. The zero-order valence-electron chi connectivity index (χ0n) is 8.77. The molecule has 5 heteroatoms. The summed E-state index contributed by atoms with van der Waals surface area (Å²) in [6.07, 6.45) is 0. The number of nitrogens with zero attached hydrogens (tertiary/aromatic N) is 1. The van der Waals surface area contributed by atoms with Crippen LogP contribution in [0.4, 0.5) is 0 Å². The van der Waals surface area contributed by atoms with Crippen LogP contribution in [0.15, 0.2) is 18.2 Å². The maximum Gasteiger partial charge on any atom is 0.356 e. The average molecular weight is 210 g/mol. The molecule has 0 amide bonds. The third-order valence-corrected chi connectivity index (χ3v) is 1.61. The molecular weight excluding hydrogens is 196 g/mol. The Kier molecular flexibility index (Phi) is 4.05. The summed E-state index contributed by atoms with van der Waals surface area (Å²) in [6, 6.07) is 4.82. The van der Waals surface area contributed by atoms with Gasteiger partial charge in [0.05, 0.1) is 7.11 Å². The molecule has 82 valence electrons. The van der Waals surface area contributed by atoms with Gasteiger partial charge in [0.25, 0.3) is 0 Å². The van der Waals surface area contributed by atoms with E-state index >= 15 is 0 Å². The summed E-state index contributed by atoms with van der Waals surface area (Å²) in [5.74, 6) is -0.114. The van der Waals surface area contributed by atoms with Crippen LogP contribution >= 0.6 is 0 Å². The van der Waals surface area contributed by atoms with Crippen LogP contribution in [-0.2, 0) is 4.74 Å². The van der Waals surface area contributed by atoms with Gasteiger partial charge < -0.3 is 15.2 Å². The van der Waals surface area contributed by atoms with Gasteiger partial charge in [0, 0.05) is 12.1 Å². The largest absolute Gasteiger partial charge is 0.476 e. The summed E-state index contributed by atoms with van der Waals surface area (Å²) in [5, 5.41) is 0. The van der Waals surface area contributed by atoms with Crippen molar-refractivity contribution in [3.63, 3.8) is 0 Å². The monoisotopic (exact) mass is 210 g/mol. The zero-order chi connectivity index (χ0) is 11.3. The van der Waals surface area contributed by atoms with Gasteiger partial charge in [0.1, 0.15) is 6.61 Å². The number of hydrogen-bond acceptors (Lipinski definition) is 5. The van der Waals surface area contributed by atoms with Gasteiger partial charge >= 0.3 is 5.97 Å². The van der Waals surface area contributed by atoms with Gasteiger partial charge in [-0.15, -0.1) is 0 Å². The highest BCUT2D eigenvalue weighted by Gasteiger charge is 2.08. The van der Waals surface area contributed by atoms with E-state index in [9.17, 15) is 4.79 Å². The molecule has 0 radical (unpaired) electrons. The number of methoxy groups -OCH3 is 1. The van der Waals surface area contributed by atoms with Crippen LogP contribution in [0.25, 0.3) is 0 Å². The first kappa shape index (κ1) is 11.5. The number of carbonyl (C=O) groups excluding carboxylic acids is 1. The number of rotatable bonds is 4. The Bertz CT molecular complexity index is 339. The highest BCUT2D eigenvalue weighted by Crippen LogP contribution is 2.08. The van der Waals surface area contributed by atoms with E-state index in [-0.39, 0.29) is 11.7 Å². The first-order valence-corrected chi connectivity index (χ1v) is 4.57. The average Bonchev–Trinajstić information content (AvgIpc) is 2.25. The lowest BCUT2D eigenvalue weighted by Crippen LogP contribution is -2.24. The molecule has 15 heavy (non-hydrogen) atoms. The number of aromatic nitrogens is 1. The molecule has 1 heterocycles. The fraction of sp³-hybridized carbons (Fsp3) is 0.400. The Morgan fingerprint density at radius 1 is 1.60 bits per heavy atom. The highest BCUT2D eigenvalue weighted by molar-refractivity contribution is 5.87. The molecule has 0 aliphatic rings. The Hall–Kier alpha value is -1.62. The van der Waals surface area contributed by atoms with Crippen molar-refractivity contribution in [2.24, 2.45) is 5.73 Å². The molecule has 1 unspecified atom stereocenters. The van der Waals surface area contributed by atoms with Crippen LogP contribution in [0.2, 0.25) is 0 Å². The Morgan fingerprint density at radius 2 is 2.33 bits per heavy atom. The van der Waals surface area contributed by atoms with E-state index in [0.29, 0.717) is 12.5 Å². The Morgan fingerprint density at radius 3 is 2.93 bits per heavy atom. The fourth-order valence-electron chi connectivity index (χ4n) is 0.930. The number of nitrogens with two attached hydrogens (primary N) is 1. The lowest BCUT2D eigenvalue weighted by molar-refractivity contribution is 0.0592. The van der Waals surface area contributed by atoms with Crippen LogP contribution in [-0.4, -0.2) is 30.7 Å². The number of esters is 1. The summed E-state index contributed by atoms with van der Waals surface area (Å²) in [6.45, 7) is 2.18. The van der Waals surface area contributed by atoms with Gasteiger partial charge in [-0.25, -0.2) is 9.78 Å². The van der Waals surface area contributed by atoms with E-state index in [2.05, 4.69) is 9.72 Å². The lowest BCUT2D eigenvalue weighted by atomic mass is 10.3. The van der Waals surface area contributed by atoms with Crippen LogP contribution in [0, 0.1) is 0 Å². The van der Waals surface area contributed by atoms with Crippen molar-refractivity contribution in [3.05, 3.63) is 23.9 Å². The van der Waals surface area contributed by atoms with Crippen molar-refractivity contribution in [2.45, 2.75) is 13.0 Å². The van der Waals surface area contributed by atoms with Crippen molar-refractivity contribution < 1.29 is 14.3 Å². The maximum absolute atomic E-state index is 11.1. The van der Waals surface area contributed by atoms with Gasteiger partial charge in [0.2, 0.25) is 5.88 Å². The van der Waals surface area contributed by atoms with E-state index in [1.165, 1.54) is 7.11 Å². The summed E-state index contributed by atoms with van der Waals surface area (Å²) >= 11 is 0. The number of pyridine rings is 1. The third-order valence-electron chi connectivity index (χ3n) is 1.61. The first-order chi connectivity index (χ1) is 7.13. The molecule has 0 fully saturated rings. The van der Waals surface area contributed by atoms with E-state index in [4.69, 9.17) is 10.5 Å². The molecule has 0 saturated heterocycles.